The van der Waals surface area contributed by atoms with E-state index in [9.17, 15) is 14.7 Å². The molecule has 45 heavy (non-hydrogen) atoms. The van der Waals surface area contributed by atoms with Gasteiger partial charge in [0.25, 0.3) is 5.78 Å². The fourth-order valence-electron chi connectivity index (χ4n) is 5.90. The maximum atomic E-state index is 13.8. The highest BCUT2D eigenvalue weighted by atomic mass is 32.1. The SMILES string of the molecule is COc1cc(C2C(=C(O)c3ccc4c(c3)CC(C)O4)C(=O)C(=O)N2c2nc3ccc(C)cc3s2)ccc1OCc1ccccc1. The predicted molar refractivity (Wildman–Crippen MR) is 173 cm³/mol. The van der Waals surface area contributed by atoms with E-state index in [1.165, 1.54) is 23.3 Å². The molecule has 1 aromatic heterocycles. The van der Waals surface area contributed by atoms with Crippen LogP contribution in [0.5, 0.6) is 17.2 Å². The molecular weight excluding hydrogens is 588 g/mol. The fraction of sp³-hybridized carbons (Fsp3) is 0.194. The molecule has 3 heterocycles. The number of rotatable bonds is 7. The van der Waals surface area contributed by atoms with E-state index in [1.54, 1.807) is 30.3 Å². The lowest BCUT2D eigenvalue weighted by molar-refractivity contribution is -0.132. The maximum Gasteiger partial charge on any atom is 0.301 e. The Morgan fingerprint density at radius 2 is 1.84 bits per heavy atom. The summed E-state index contributed by atoms with van der Waals surface area (Å²) in [7, 11) is 1.54. The lowest BCUT2D eigenvalue weighted by atomic mass is 9.94. The topological polar surface area (TPSA) is 98.2 Å². The number of thiazole rings is 1. The minimum Gasteiger partial charge on any atom is -0.507 e. The zero-order chi connectivity index (χ0) is 31.2. The number of aromatic nitrogens is 1. The Morgan fingerprint density at radius 3 is 2.64 bits per heavy atom. The fourth-order valence-corrected chi connectivity index (χ4v) is 6.99. The summed E-state index contributed by atoms with van der Waals surface area (Å²) < 4.78 is 18.5. The van der Waals surface area contributed by atoms with E-state index < -0.39 is 17.7 Å². The van der Waals surface area contributed by atoms with Gasteiger partial charge >= 0.3 is 5.91 Å². The molecule has 7 rings (SSSR count). The number of benzene rings is 4. The number of ketones is 1. The molecule has 0 radical (unpaired) electrons. The van der Waals surface area contributed by atoms with Gasteiger partial charge in [0.15, 0.2) is 16.6 Å². The first-order valence-corrected chi connectivity index (χ1v) is 15.4. The van der Waals surface area contributed by atoms with Gasteiger partial charge in [-0.1, -0.05) is 53.8 Å². The lowest BCUT2D eigenvalue weighted by Gasteiger charge is -2.24. The standard InChI is InChI=1S/C36H30N2O6S/c1-20-9-12-26-30(15-20)45-36(37-26)38-32(23-10-14-28(29(18-23)42-3)43-19-22-7-5-4-6-8-22)31(34(40)35(38)41)33(39)24-11-13-27-25(17-24)16-21(2)44-27/h4-15,17-18,21,32,39H,16,19H2,1-3H3. The second-order valence-corrected chi connectivity index (χ2v) is 12.3. The summed E-state index contributed by atoms with van der Waals surface area (Å²) in [4.78, 5) is 33.7. The molecule has 226 valence electrons. The maximum absolute atomic E-state index is 13.8. The molecule has 4 aromatic carbocycles. The van der Waals surface area contributed by atoms with E-state index in [0.717, 1.165) is 32.7 Å². The van der Waals surface area contributed by atoms with Gasteiger partial charge in [-0.3, -0.25) is 14.5 Å². The van der Waals surface area contributed by atoms with Crippen molar-refractivity contribution in [2.45, 2.75) is 39.0 Å². The average molecular weight is 619 g/mol. The first-order chi connectivity index (χ1) is 21.8. The van der Waals surface area contributed by atoms with Crippen LogP contribution in [0, 0.1) is 6.92 Å². The highest BCUT2D eigenvalue weighted by Gasteiger charge is 2.48. The van der Waals surface area contributed by atoms with Crippen LogP contribution in [0.4, 0.5) is 5.13 Å². The number of ether oxygens (including phenoxy) is 3. The van der Waals surface area contributed by atoms with Crippen LogP contribution in [-0.4, -0.2) is 35.0 Å². The molecule has 2 aliphatic heterocycles. The number of hydrogen-bond donors (Lipinski definition) is 1. The number of carbonyl (C=O) groups excluding carboxylic acids is 2. The zero-order valence-electron chi connectivity index (χ0n) is 24.9. The number of fused-ring (bicyclic) bond motifs is 2. The van der Waals surface area contributed by atoms with E-state index in [4.69, 9.17) is 19.2 Å². The molecule has 2 unspecified atom stereocenters. The van der Waals surface area contributed by atoms with Gasteiger partial charge in [0.2, 0.25) is 0 Å². The minimum absolute atomic E-state index is 0.0146. The molecular formula is C36H30N2O6S. The summed E-state index contributed by atoms with van der Waals surface area (Å²) in [6.45, 7) is 4.30. The Hall–Kier alpha value is -5.15. The number of aliphatic hydroxyl groups excluding tert-OH is 1. The summed E-state index contributed by atoms with van der Waals surface area (Å²) in [5.41, 5.74) is 4.68. The van der Waals surface area contributed by atoms with Crippen LogP contribution in [0.1, 0.15) is 40.8 Å². The number of methoxy groups -OCH3 is 1. The van der Waals surface area contributed by atoms with Crippen molar-refractivity contribution in [1.29, 1.82) is 0 Å². The Balaban J connectivity index is 1.35. The van der Waals surface area contributed by atoms with Crippen LogP contribution in [-0.2, 0) is 22.6 Å². The monoisotopic (exact) mass is 618 g/mol. The summed E-state index contributed by atoms with van der Waals surface area (Å²) in [5.74, 6) is -0.136. The number of carbonyl (C=O) groups is 2. The van der Waals surface area contributed by atoms with Crippen molar-refractivity contribution >= 4 is 44.1 Å². The minimum atomic E-state index is -0.966. The molecule has 1 fully saturated rings. The molecule has 1 amide bonds. The van der Waals surface area contributed by atoms with Crippen LogP contribution >= 0.6 is 11.3 Å². The number of Topliss-reactive ketones (excluding diaryl/α,β-unsaturated/α-hetero) is 1. The second kappa shape index (κ2) is 11.4. The van der Waals surface area contributed by atoms with Gasteiger partial charge in [-0.15, -0.1) is 0 Å². The van der Waals surface area contributed by atoms with Crippen LogP contribution in [0.2, 0.25) is 0 Å². The number of anilines is 1. The van der Waals surface area contributed by atoms with E-state index >= 15 is 0 Å². The summed E-state index contributed by atoms with van der Waals surface area (Å²) in [6.07, 6.45) is 0.696. The van der Waals surface area contributed by atoms with Crippen molar-refractivity contribution in [3.63, 3.8) is 0 Å². The van der Waals surface area contributed by atoms with Gasteiger partial charge in [0.05, 0.1) is 28.9 Å². The average Bonchev–Trinajstić information content (AvgIpc) is 3.71. The van der Waals surface area contributed by atoms with E-state index in [-0.39, 0.29) is 17.4 Å². The number of aryl methyl sites for hydroxylation is 1. The molecule has 5 aromatic rings. The first-order valence-electron chi connectivity index (χ1n) is 14.6. The normalized spacial score (nSPS) is 18.7. The van der Waals surface area contributed by atoms with Crippen molar-refractivity contribution < 1.29 is 28.9 Å². The third kappa shape index (κ3) is 5.19. The molecule has 2 atom stereocenters. The van der Waals surface area contributed by atoms with Gasteiger partial charge in [-0.25, -0.2) is 4.98 Å². The van der Waals surface area contributed by atoms with E-state index in [0.29, 0.717) is 40.8 Å². The Morgan fingerprint density at radius 1 is 1.02 bits per heavy atom. The highest BCUT2D eigenvalue weighted by Crippen LogP contribution is 2.46. The van der Waals surface area contributed by atoms with Crippen molar-refractivity contribution in [3.05, 3.63) is 118 Å². The lowest BCUT2D eigenvalue weighted by Crippen LogP contribution is -2.29. The second-order valence-electron chi connectivity index (χ2n) is 11.3. The molecule has 9 heteroatoms. The molecule has 2 aliphatic rings. The number of aliphatic hydroxyl groups is 1. The van der Waals surface area contributed by atoms with Crippen molar-refractivity contribution in [2.24, 2.45) is 0 Å². The Kier molecular flexibility index (Phi) is 7.25. The quantitative estimate of drug-likeness (QED) is 0.118. The summed E-state index contributed by atoms with van der Waals surface area (Å²) >= 11 is 1.32. The predicted octanol–water partition coefficient (Wildman–Crippen LogP) is 7.14. The Bertz CT molecular complexity index is 2000. The molecule has 0 bridgehead atoms. The van der Waals surface area contributed by atoms with Crippen molar-refractivity contribution in [2.75, 3.05) is 12.0 Å². The number of nitrogens with zero attached hydrogens (tertiary/aromatic N) is 2. The van der Waals surface area contributed by atoms with Gasteiger partial charge < -0.3 is 19.3 Å². The van der Waals surface area contributed by atoms with Gasteiger partial charge in [-0.2, -0.15) is 0 Å². The van der Waals surface area contributed by atoms with Crippen LogP contribution < -0.4 is 19.1 Å². The Labute approximate surface area is 264 Å². The molecule has 1 saturated heterocycles. The van der Waals surface area contributed by atoms with Crippen molar-refractivity contribution in [1.82, 2.24) is 4.98 Å². The van der Waals surface area contributed by atoms with E-state index in [1.807, 2.05) is 68.4 Å². The van der Waals surface area contributed by atoms with Crippen LogP contribution in [0.3, 0.4) is 0 Å². The third-order valence-electron chi connectivity index (χ3n) is 8.09. The van der Waals surface area contributed by atoms with Gasteiger partial charge in [0.1, 0.15) is 24.2 Å². The molecule has 0 saturated carbocycles. The molecule has 0 aliphatic carbocycles. The molecule has 1 N–H and O–H groups in total. The summed E-state index contributed by atoms with van der Waals surface area (Å²) in [5, 5.41) is 12.1. The number of hydrogen-bond acceptors (Lipinski definition) is 8. The van der Waals surface area contributed by atoms with Crippen LogP contribution in [0.25, 0.3) is 16.0 Å². The van der Waals surface area contributed by atoms with E-state index in [2.05, 4.69) is 0 Å². The van der Waals surface area contributed by atoms with Gasteiger partial charge in [0, 0.05) is 12.0 Å². The van der Waals surface area contributed by atoms with Crippen LogP contribution in [0.15, 0.2) is 90.5 Å². The van der Waals surface area contributed by atoms with Gasteiger partial charge in [-0.05, 0) is 78.6 Å². The largest absolute Gasteiger partial charge is 0.507 e. The van der Waals surface area contributed by atoms with Crippen molar-refractivity contribution in [3.8, 4) is 17.2 Å². The molecule has 0 spiro atoms. The first kappa shape index (κ1) is 28.6. The smallest absolute Gasteiger partial charge is 0.301 e. The highest BCUT2D eigenvalue weighted by molar-refractivity contribution is 7.22. The number of amides is 1. The molecule has 8 nitrogen and oxygen atoms in total. The third-order valence-corrected chi connectivity index (χ3v) is 9.11. The zero-order valence-corrected chi connectivity index (χ0v) is 25.8. The summed E-state index contributed by atoms with van der Waals surface area (Å²) in [6, 6.07) is 25.3.